The fraction of sp³-hybridized carbons (Fsp3) is 0.333. The van der Waals surface area contributed by atoms with Crippen molar-refractivity contribution in [2.45, 2.75) is 46.5 Å². The van der Waals surface area contributed by atoms with Crippen molar-refractivity contribution in [3.05, 3.63) is 65.0 Å². The quantitative estimate of drug-likeness (QED) is 0.599. The highest BCUT2D eigenvalue weighted by molar-refractivity contribution is 5.89. The van der Waals surface area contributed by atoms with Crippen molar-refractivity contribution in [3.63, 3.8) is 0 Å². The van der Waals surface area contributed by atoms with E-state index in [2.05, 4.69) is 16.4 Å². The van der Waals surface area contributed by atoms with Crippen LogP contribution in [0.4, 0.5) is 0 Å². The molecule has 0 saturated heterocycles. The topological polar surface area (TPSA) is 103 Å². The Labute approximate surface area is 177 Å². The summed E-state index contributed by atoms with van der Waals surface area (Å²) in [4.78, 5) is 28.5. The molecule has 1 aromatic carbocycles. The molecule has 6 heteroatoms. The van der Waals surface area contributed by atoms with E-state index >= 15 is 0 Å². The highest BCUT2D eigenvalue weighted by Gasteiger charge is 2.21. The van der Waals surface area contributed by atoms with Gasteiger partial charge in [0.25, 0.3) is 0 Å². The Morgan fingerprint density at radius 3 is 2.50 bits per heavy atom. The Morgan fingerprint density at radius 2 is 1.93 bits per heavy atom. The molecule has 1 unspecified atom stereocenters. The second-order valence-corrected chi connectivity index (χ2v) is 7.17. The number of nitrogens with one attached hydrogen (secondary N) is 1. The summed E-state index contributed by atoms with van der Waals surface area (Å²) < 4.78 is 0. The molecule has 1 amide bonds. The first-order valence-electron chi connectivity index (χ1n) is 10.1. The van der Waals surface area contributed by atoms with Crippen LogP contribution in [0.3, 0.4) is 0 Å². The van der Waals surface area contributed by atoms with Crippen molar-refractivity contribution in [3.8, 4) is 17.3 Å². The summed E-state index contributed by atoms with van der Waals surface area (Å²) in [7, 11) is 0. The summed E-state index contributed by atoms with van der Waals surface area (Å²) in [5.74, 6) is -1.33. The number of aromatic nitrogens is 1. The summed E-state index contributed by atoms with van der Waals surface area (Å²) in [6.45, 7) is 5.69. The lowest BCUT2D eigenvalue weighted by Gasteiger charge is -2.20. The largest absolute Gasteiger partial charge is 0.478 e. The van der Waals surface area contributed by atoms with Gasteiger partial charge in [0.1, 0.15) is 0 Å². The van der Waals surface area contributed by atoms with Crippen LogP contribution >= 0.6 is 0 Å². The van der Waals surface area contributed by atoms with Gasteiger partial charge in [-0.1, -0.05) is 51.5 Å². The molecule has 0 spiro atoms. The van der Waals surface area contributed by atoms with E-state index in [0.717, 1.165) is 24.0 Å². The van der Waals surface area contributed by atoms with Gasteiger partial charge in [0.2, 0.25) is 5.91 Å². The molecule has 2 N–H and O–H groups in total. The summed E-state index contributed by atoms with van der Waals surface area (Å²) in [6, 6.07) is 12.9. The first-order valence-corrected chi connectivity index (χ1v) is 10.1. The molecule has 1 heterocycles. The number of carboxylic acid groups (broad SMARTS) is 1. The van der Waals surface area contributed by atoms with Gasteiger partial charge in [0.05, 0.1) is 22.9 Å². The van der Waals surface area contributed by atoms with Gasteiger partial charge in [-0.25, -0.2) is 4.79 Å². The van der Waals surface area contributed by atoms with Crippen LogP contribution in [-0.4, -0.2) is 22.0 Å². The van der Waals surface area contributed by atoms with Crippen LogP contribution in [0.15, 0.2) is 53.9 Å². The average molecular weight is 405 g/mol. The predicted octanol–water partition coefficient (Wildman–Crippen LogP) is 4.46. The fourth-order valence-corrected chi connectivity index (χ4v) is 3.29. The lowest BCUT2D eigenvalue weighted by atomic mass is 9.94. The number of hydrogen-bond acceptors (Lipinski definition) is 4. The number of nitrogens with zero attached hydrogens (tertiary/aromatic N) is 2. The summed E-state index contributed by atoms with van der Waals surface area (Å²) in [6.07, 6.45) is 3.71. The van der Waals surface area contributed by atoms with E-state index in [1.165, 1.54) is 0 Å². The van der Waals surface area contributed by atoms with Gasteiger partial charge in [-0.3, -0.25) is 9.78 Å². The maximum absolute atomic E-state index is 12.0. The average Bonchev–Trinajstić information content (AvgIpc) is 2.76. The number of hydrogen-bond donors (Lipinski definition) is 2. The van der Waals surface area contributed by atoms with Crippen molar-refractivity contribution in [1.29, 1.82) is 5.26 Å². The van der Waals surface area contributed by atoms with Crippen LogP contribution in [0.2, 0.25) is 0 Å². The molecule has 0 bridgehead atoms. The number of aliphatic carboxylic acids is 1. The molecule has 0 aliphatic carbocycles. The molecule has 1 aromatic heterocycles. The van der Waals surface area contributed by atoms with Crippen molar-refractivity contribution in [2.24, 2.45) is 5.92 Å². The predicted molar refractivity (Wildman–Crippen MR) is 115 cm³/mol. The number of amides is 1. The molecule has 0 saturated carbocycles. The van der Waals surface area contributed by atoms with Crippen LogP contribution in [0.1, 0.15) is 51.2 Å². The third kappa shape index (κ3) is 5.77. The molecule has 6 nitrogen and oxygen atoms in total. The van der Waals surface area contributed by atoms with Gasteiger partial charge in [0.15, 0.2) is 0 Å². The Bertz CT molecular complexity index is 972. The molecule has 1 atom stereocenters. The highest BCUT2D eigenvalue weighted by Crippen LogP contribution is 2.24. The van der Waals surface area contributed by atoms with Gasteiger partial charge >= 0.3 is 5.97 Å². The first-order chi connectivity index (χ1) is 14.4. The summed E-state index contributed by atoms with van der Waals surface area (Å²) >= 11 is 0. The van der Waals surface area contributed by atoms with Crippen molar-refractivity contribution < 1.29 is 14.7 Å². The van der Waals surface area contributed by atoms with Crippen LogP contribution in [0, 0.1) is 17.2 Å². The van der Waals surface area contributed by atoms with E-state index in [-0.39, 0.29) is 30.2 Å². The minimum atomic E-state index is -1.05. The molecular weight excluding hydrogens is 378 g/mol. The van der Waals surface area contributed by atoms with Crippen molar-refractivity contribution in [2.75, 3.05) is 0 Å². The first kappa shape index (κ1) is 22.8. The van der Waals surface area contributed by atoms with E-state index < -0.39 is 5.97 Å². The van der Waals surface area contributed by atoms with E-state index in [9.17, 15) is 20.0 Å². The van der Waals surface area contributed by atoms with E-state index in [1.54, 1.807) is 31.3 Å². The highest BCUT2D eigenvalue weighted by atomic mass is 16.4. The minimum absolute atomic E-state index is 0.0775. The Morgan fingerprint density at radius 1 is 1.20 bits per heavy atom. The number of carbonyl (C=O) groups is 2. The molecule has 30 heavy (non-hydrogen) atoms. The SMILES string of the molecule is CCCC(C)C(NC(=O)CC)=C(Cc1ccc(-c2ccccc2C#N)nc1)C(=O)O. The molecular formula is C24H27N3O3. The number of benzene rings is 1. The zero-order valence-corrected chi connectivity index (χ0v) is 17.6. The lowest BCUT2D eigenvalue weighted by molar-refractivity contribution is -0.132. The maximum atomic E-state index is 12.0. The smallest absolute Gasteiger partial charge is 0.333 e. The zero-order valence-electron chi connectivity index (χ0n) is 17.6. The molecule has 0 aliphatic heterocycles. The molecule has 2 rings (SSSR count). The van der Waals surface area contributed by atoms with Crippen LogP contribution < -0.4 is 5.32 Å². The van der Waals surface area contributed by atoms with Crippen LogP contribution in [0.25, 0.3) is 11.3 Å². The fourth-order valence-electron chi connectivity index (χ4n) is 3.29. The normalized spacial score (nSPS) is 12.5. The molecule has 2 aromatic rings. The monoisotopic (exact) mass is 405 g/mol. The third-order valence-corrected chi connectivity index (χ3v) is 4.92. The summed E-state index contributed by atoms with van der Waals surface area (Å²) in [5.41, 5.74) is 3.27. The molecule has 0 radical (unpaired) electrons. The lowest BCUT2D eigenvalue weighted by Crippen LogP contribution is -2.29. The number of rotatable bonds is 9. The second kappa shape index (κ2) is 10.9. The van der Waals surface area contributed by atoms with Crippen molar-refractivity contribution in [1.82, 2.24) is 10.3 Å². The number of nitriles is 1. The van der Waals surface area contributed by atoms with Gasteiger partial charge in [-0.05, 0) is 30.0 Å². The minimum Gasteiger partial charge on any atom is -0.478 e. The summed E-state index contributed by atoms with van der Waals surface area (Å²) in [5, 5.41) is 21.9. The Kier molecular flexibility index (Phi) is 8.30. The number of carbonyl (C=O) groups excluding carboxylic acids is 1. The van der Waals surface area contributed by atoms with E-state index in [0.29, 0.717) is 17.0 Å². The van der Waals surface area contributed by atoms with E-state index in [4.69, 9.17) is 0 Å². The zero-order chi connectivity index (χ0) is 22.1. The Balaban J connectivity index is 2.39. The van der Waals surface area contributed by atoms with Gasteiger partial charge in [-0.2, -0.15) is 5.26 Å². The number of carboxylic acids is 1. The molecule has 0 aliphatic rings. The van der Waals surface area contributed by atoms with Gasteiger partial charge in [0, 0.05) is 30.3 Å². The van der Waals surface area contributed by atoms with Crippen molar-refractivity contribution >= 4 is 11.9 Å². The number of pyridine rings is 1. The maximum Gasteiger partial charge on any atom is 0.333 e. The molecule has 0 fully saturated rings. The van der Waals surface area contributed by atoms with E-state index in [1.807, 2.05) is 32.0 Å². The standard InChI is InChI=1S/C24H27N3O3/c1-4-8-16(3)23(27-22(28)5-2)20(24(29)30)13-17-11-12-21(26-15-17)19-10-7-6-9-18(19)14-25/h6-7,9-12,15-16H,4-5,8,13H2,1-3H3,(H,27,28)(H,29,30). The van der Waals surface area contributed by atoms with Crippen LogP contribution in [0.5, 0.6) is 0 Å². The van der Waals surface area contributed by atoms with Gasteiger partial charge < -0.3 is 10.4 Å². The third-order valence-electron chi connectivity index (χ3n) is 4.92. The molecule has 156 valence electrons. The number of allylic oxidation sites excluding steroid dienone is 1. The van der Waals surface area contributed by atoms with Gasteiger partial charge in [-0.15, -0.1) is 0 Å². The Hall–Kier alpha value is -3.46. The van der Waals surface area contributed by atoms with Crippen LogP contribution in [-0.2, 0) is 16.0 Å². The second-order valence-electron chi connectivity index (χ2n) is 7.17.